The Balaban J connectivity index is 1.48. The highest BCUT2D eigenvalue weighted by atomic mass is 35.5. The van der Waals surface area contributed by atoms with Crippen molar-refractivity contribution in [3.63, 3.8) is 0 Å². The van der Waals surface area contributed by atoms with Crippen molar-refractivity contribution >= 4 is 17.5 Å². The zero-order chi connectivity index (χ0) is 15.4. The van der Waals surface area contributed by atoms with Gasteiger partial charge in [-0.2, -0.15) is 0 Å². The summed E-state index contributed by atoms with van der Waals surface area (Å²) in [5.41, 5.74) is 1.20. The maximum atomic E-state index is 12.2. The molecule has 1 aromatic rings. The second-order valence-corrected chi connectivity index (χ2v) is 6.64. The molecule has 2 fully saturated rings. The van der Waals surface area contributed by atoms with Crippen molar-refractivity contribution < 1.29 is 9.53 Å². The molecule has 22 heavy (non-hydrogen) atoms. The molecule has 1 saturated heterocycles. The summed E-state index contributed by atoms with van der Waals surface area (Å²) >= 11 is 5.92. The van der Waals surface area contributed by atoms with E-state index in [-0.39, 0.29) is 12.0 Å². The lowest BCUT2D eigenvalue weighted by atomic mass is 10.2. The van der Waals surface area contributed by atoms with Crippen LogP contribution in [0.25, 0.3) is 0 Å². The first-order chi connectivity index (χ1) is 10.7. The number of carbonyl (C=O) groups excluding carboxylic acids is 1. The summed E-state index contributed by atoms with van der Waals surface area (Å²) in [4.78, 5) is 14.4. The Kier molecular flexibility index (Phi) is 5.34. The van der Waals surface area contributed by atoms with Crippen LogP contribution in [0.4, 0.5) is 0 Å². The van der Waals surface area contributed by atoms with Crippen molar-refractivity contribution in [3.8, 4) is 0 Å². The molecular formula is C17H23ClN2O2. The fourth-order valence-corrected chi connectivity index (χ4v) is 2.98. The number of nitrogens with one attached hydrogen (secondary N) is 1. The molecule has 1 N–H and O–H groups in total. The first kappa shape index (κ1) is 15.8. The molecule has 1 atom stereocenters. The second-order valence-electron chi connectivity index (χ2n) is 6.20. The Bertz CT molecular complexity index is 496. The molecule has 1 unspecified atom stereocenters. The molecule has 0 spiro atoms. The summed E-state index contributed by atoms with van der Waals surface area (Å²) in [6.45, 7) is 2.72. The van der Waals surface area contributed by atoms with E-state index in [1.165, 1.54) is 18.4 Å². The zero-order valence-corrected chi connectivity index (χ0v) is 13.5. The predicted octanol–water partition coefficient (Wildman–Crippen LogP) is 2.60. The summed E-state index contributed by atoms with van der Waals surface area (Å²) in [6.07, 6.45) is 4.73. The van der Waals surface area contributed by atoms with Crippen LogP contribution in [-0.2, 0) is 16.1 Å². The van der Waals surface area contributed by atoms with Crippen LogP contribution < -0.4 is 5.32 Å². The Hall–Kier alpha value is -1.10. The standard InChI is InChI=1S/C17H23ClN2O2/c18-14-5-3-13(4-6-14)11-20(15-7-8-15)12-17(21)19-10-16-2-1-9-22-16/h3-6,15-16H,1-2,7-12H2,(H,19,21). The number of nitrogens with zero attached hydrogens (tertiary/aromatic N) is 1. The maximum absolute atomic E-state index is 12.2. The number of benzene rings is 1. The SMILES string of the molecule is O=C(CN(Cc1ccc(Cl)cc1)C1CC1)NCC1CCCO1. The summed E-state index contributed by atoms with van der Waals surface area (Å²) in [7, 11) is 0. The molecule has 5 heteroatoms. The van der Waals surface area contributed by atoms with Crippen molar-refractivity contribution in [2.75, 3.05) is 19.7 Å². The molecule has 1 aliphatic heterocycles. The molecule has 1 amide bonds. The van der Waals surface area contributed by atoms with Gasteiger partial charge in [-0.25, -0.2) is 0 Å². The van der Waals surface area contributed by atoms with Gasteiger partial charge in [0.05, 0.1) is 12.6 Å². The molecule has 1 aliphatic carbocycles. The fraction of sp³-hybridized carbons (Fsp3) is 0.588. The molecule has 3 rings (SSSR count). The van der Waals surface area contributed by atoms with E-state index in [4.69, 9.17) is 16.3 Å². The Morgan fingerprint density at radius 3 is 2.68 bits per heavy atom. The molecule has 0 bridgehead atoms. The lowest BCUT2D eigenvalue weighted by molar-refractivity contribution is -0.123. The van der Waals surface area contributed by atoms with Gasteiger partial charge in [0.25, 0.3) is 0 Å². The van der Waals surface area contributed by atoms with Gasteiger partial charge in [-0.1, -0.05) is 23.7 Å². The highest BCUT2D eigenvalue weighted by Gasteiger charge is 2.30. The number of rotatable bonds is 7. The summed E-state index contributed by atoms with van der Waals surface area (Å²) in [6, 6.07) is 8.41. The zero-order valence-electron chi connectivity index (χ0n) is 12.8. The van der Waals surface area contributed by atoms with E-state index in [0.29, 0.717) is 19.1 Å². The van der Waals surface area contributed by atoms with Crippen LogP contribution in [0.3, 0.4) is 0 Å². The predicted molar refractivity (Wildman–Crippen MR) is 86.9 cm³/mol. The van der Waals surface area contributed by atoms with Crippen molar-refractivity contribution in [2.45, 2.75) is 44.4 Å². The molecule has 0 radical (unpaired) electrons. The van der Waals surface area contributed by atoms with Gasteiger partial charge in [-0.15, -0.1) is 0 Å². The monoisotopic (exact) mass is 322 g/mol. The van der Waals surface area contributed by atoms with E-state index in [2.05, 4.69) is 10.2 Å². The van der Waals surface area contributed by atoms with Crippen molar-refractivity contribution in [1.29, 1.82) is 0 Å². The molecule has 2 aliphatic rings. The van der Waals surface area contributed by atoms with Gasteiger partial charge >= 0.3 is 0 Å². The largest absolute Gasteiger partial charge is 0.376 e. The van der Waals surface area contributed by atoms with E-state index in [1.807, 2.05) is 24.3 Å². The van der Waals surface area contributed by atoms with Crippen LogP contribution in [-0.4, -0.2) is 42.6 Å². The van der Waals surface area contributed by atoms with Crippen LogP contribution in [0.1, 0.15) is 31.2 Å². The Labute approximate surface area is 136 Å². The number of hydrogen-bond donors (Lipinski definition) is 1. The first-order valence-electron chi connectivity index (χ1n) is 8.07. The lowest BCUT2D eigenvalue weighted by Crippen LogP contribution is -2.40. The van der Waals surface area contributed by atoms with Gasteiger partial charge < -0.3 is 10.1 Å². The van der Waals surface area contributed by atoms with Gasteiger partial charge in [0, 0.05) is 30.8 Å². The van der Waals surface area contributed by atoms with Crippen molar-refractivity contribution in [2.24, 2.45) is 0 Å². The Morgan fingerprint density at radius 2 is 2.05 bits per heavy atom. The van der Waals surface area contributed by atoms with E-state index in [9.17, 15) is 4.79 Å². The topological polar surface area (TPSA) is 41.6 Å². The molecule has 1 saturated carbocycles. The van der Waals surface area contributed by atoms with E-state index in [0.717, 1.165) is 31.0 Å². The van der Waals surface area contributed by atoms with E-state index >= 15 is 0 Å². The number of ether oxygens (including phenoxy) is 1. The van der Waals surface area contributed by atoms with Gasteiger partial charge in [0.15, 0.2) is 0 Å². The van der Waals surface area contributed by atoms with Crippen LogP contribution in [0.2, 0.25) is 5.02 Å². The Morgan fingerprint density at radius 1 is 1.27 bits per heavy atom. The normalized spacial score (nSPS) is 21.3. The van der Waals surface area contributed by atoms with E-state index in [1.54, 1.807) is 0 Å². The van der Waals surface area contributed by atoms with Crippen molar-refractivity contribution in [1.82, 2.24) is 10.2 Å². The van der Waals surface area contributed by atoms with Crippen LogP contribution in [0, 0.1) is 0 Å². The van der Waals surface area contributed by atoms with Crippen LogP contribution >= 0.6 is 11.6 Å². The highest BCUT2D eigenvalue weighted by molar-refractivity contribution is 6.30. The number of carbonyl (C=O) groups is 1. The van der Waals surface area contributed by atoms with Crippen LogP contribution in [0.15, 0.2) is 24.3 Å². The molecule has 120 valence electrons. The van der Waals surface area contributed by atoms with E-state index < -0.39 is 0 Å². The first-order valence-corrected chi connectivity index (χ1v) is 8.45. The number of halogens is 1. The minimum absolute atomic E-state index is 0.0939. The molecule has 4 nitrogen and oxygen atoms in total. The maximum Gasteiger partial charge on any atom is 0.234 e. The summed E-state index contributed by atoms with van der Waals surface area (Å²) in [5.74, 6) is 0.0939. The summed E-state index contributed by atoms with van der Waals surface area (Å²) in [5, 5.41) is 3.75. The van der Waals surface area contributed by atoms with Gasteiger partial charge in [-0.05, 0) is 43.4 Å². The van der Waals surface area contributed by atoms with Gasteiger partial charge in [0.1, 0.15) is 0 Å². The third kappa shape index (κ3) is 4.70. The average Bonchev–Trinajstić information content (AvgIpc) is 3.23. The minimum atomic E-state index is 0.0939. The fourth-order valence-electron chi connectivity index (χ4n) is 2.85. The second kappa shape index (κ2) is 7.44. The van der Waals surface area contributed by atoms with Gasteiger partial charge in [0.2, 0.25) is 5.91 Å². The average molecular weight is 323 g/mol. The third-order valence-electron chi connectivity index (χ3n) is 4.26. The third-order valence-corrected chi connectivity index (χ3v) is 4.51. The molecule has 1 heterocycles. The summed E-state index contributed by atoms with van der Waals surface area (Å²) < 4.78 is 5.53. The van der Waals surface area contributed by atoms with Gasteiger partial charge in [-0.3, -0.25) is 9.69 Å². The van der Waals surface area contributed by atoms with Crippen LogP contribution in [0.5, 0.6) is 0 Å². The molecule has 1 aromatic carbocycles. The highest BCUT2D eigenvalue weighted by Crippen LogP contribution is 2.28. The minimum Gasteiger partial charge on any atom is -0.376 e. The molecular weight excluding hydrogens is 300 g/mol. The molecule has 0 aromatic heterocycles. The quantitative estimate of drug-likeness (QED) is 0.839. The number of amides is 1. The lowest BCUT2D eigenvalue weighted by Gasteiger charge is -2.22. The van der Waals surface area contributed by atoms with Crippen molar-refractivity contribution in [3.05, 3.63) is 34.9 Å². The smallest absolute Gasteiger partial charge is 0.234 e. The number of hydrogen-bond acceptors (Lipinski definition) is 3.